The van der Waals surface area contributed by atoms with E-state index in [4.69, 9.17) is 14.2 Å². The molecule has 0 spiro atoms. The molecule has 0 rings (SSSR count). The zero-order valence-electron chi connectivity index (χ0n) is 40.3. The van der Waals surface area contributed by atoms with E-state index in [9.17, 15) is 9.59 Å². The van der Waals surface area contributed by atoms with Crippen LogP contribution in [0.25, 0.3) is 0 Å². The highest BCUT2D eigenvalue weighted by Crippen LogP contribution is 2.13. The van der Waals surface area contributed by atoms with Crippen molar-refractivity contribution in [2.45, 2.75) is 219 Å². The lowest BCUT2D eigenvalue weighted by molar-refractivity contribution is -0.163. The van der Waals surface area contributed by atoms with Gasteiger partial charge in [0.2, 0.25) is 0 Å². The first-order chi connectivity index (χ1) is 30.6. The van der Waals surface area contributed by atoms with Gasteiger partial charge in [-0.3, -0.25) is 9.59 Å². The van der Waals surface area contributed by atoms with Crippen LogP contribution in [0.1, 0.15) is 213 Å². The molecule has 0 aliphatic carbocycles. The van der Waals surface area contributed by atoms with Gasteiger partial charge in [-0.1, -0.05) is 207 Å². The Labute approximate surface area is 383 Å². The minimum absolute atomic E-state index is 0.0466. The maximum absolute atomic E-state index is 12.8. The lowest BCUT2D eigenvalue weighted by atomic mass is 10.1. The fraction of sp³-hybridized carbons (Fsp3) is 0.649. The second-order valence-electron chi connectivity index (χ2n) is 16.3. The molecule has 1 atom stereocenters. The third-order valence-corrected chi connectivity index (χ3v) is 10.3. The maximum Gasteiger partial charge on any atom is 0.306 e. The topological polar surface area (TPSA) is 61.8 Å². The van der Waals surface area contributed by atoms with Crippen LogP contribution in [0.2, 0.25) is 0 Å². The molecule has 62 heavy (non-hydrogen) atoms. The number of allylic oxidation sites excluding steroid dienone is 18. The number of unbranched alkanes of at least 4 members (excludes halogenated alkanes) is 16. The van der Waals surface area contributed by atoms with Gasteiger partial charge in [-0.05, 0) is 103 Å². The summed E-state index contributed by atoms with van der Waals surface area (Å²) in [5, 5.41) is 0. The summed E-state index contributed by atoms with van der Waals surface area (Å²) < 4.78 is 17.3. The van der Waals surface area contributed by atoms with Crippen LogP contribution in [0.5, 0.6) is 0 Å². The molecular weight excluding hydrogens is 765 g/mol. The highest BCUT2D eigenvalue weighted by atomic mass is 16.6. The van der Waals surface area contributed by atoms with E-state index in [1.54, 1.807) is 0 Å². The van der Waals surface area contributed by atoms with E-state index in [1.165, 1.54) is 64.2 Å². The van der Waals surface area contributed by atoms with Gasteiger partial charge >= 0.3 is 11.9 Å². The van der Waals surface area contributed by atoms with Crippen LogP contribution in [0.15, 0.2) is 109 Å². The summed E-state index contributed by atoms with van der Waals surface area (Å²) in [4.78, 5) is 25.4. The molecule has 0 saturated carbocycles. The molecule has 0 saturated heterocycles. The zero-order chi connectivity index (χ0) is 44.9. The highest BCUT2D eigenvalue weighted by Gasteiger charge is 2.17. The molecule has 0 bridgehead atoms. The molecule has 0 heterocycles. The second-order valence-corrected chi connectivity index (χ2v) is 16.3. The number of carbonyl (C=O) groups excluding carboxylic acids is 2. The van der Waals surface area contributed by atoms with Crippen molar-refractivity contribution >= 4 is 11.9 Å². The van der Waals surface area contributed by atoms with Gasteiger partial charge in [0.05, 0.1) is 6.61 Å². The molecule has 0 aromatic rings. The van der Waals surface area contributed by atoms with Crippen molar-refractivity contribution in [3.8, 4) is 0 Å². The predicted molar refractivity (Wildman–Crippen MR) is 269 cm³/mol. The fourth-order valence-corrected chi connectivity index (χ4v) is 6.58. The number of hydrogen-bond acceptors (Lipinski definition) is 5. The third kappa shape index (κ3) is 49.2. The van der Waals surface area contributed by atoms with Gasteiger partial charge in [0.1, 0.15) is 6.61 Å². The van der Waals surface area contributed by atoms with E-state index < -0.39 is 6.10 Å². The first-order valence-electron chi connectivity index (χ1n) is 25.4. The van der Waals surface area contributed by atoms with Crippen molar-refractivity contribution in [1.29, 1.82) is 0 Å². The summed E-state index contributed by atoms with van der Waals surface area (Å²) in [6, 6.07) is 0. The standard InChI is InChI=1S/C57H94O5/c1-4-7-10-13-16-19-22-25-27-28-29-30-32-33-35-38-41-44-47-50-56(58)61-54-55(53-60-52-49-46-43-40-37-24-21-18-15-12-9-6-3)62-57(59)51-48-45-42-39-36-34-31-26-23-20-17-14-11-8-5-2/h7-8,10-11,16-17,19-20,25-27,29-31,33,35-36,39,55H,4-6,9,12-15,18,21-24,28,32,34,37-38,40-54H2,1-3H3/b10-7-,11-8-,19-16-,20-17-,27-25-,30-29-,31-26-,35-33-,39-36-. The Balaban J connectivity index is 4.40. The van der Waals surface area contributed by atoms with Crippen LogP contribution in [-0.4, -0.2) is 37.9 Å². The van der Waals surface area contributed by atoms with E-state index in [1.807, 2.05) is 0 Å². The maximum atomic E-state index is 12.8. The average molecular weight is 859 g/mol. The van der Waals surface area contributed by atoms with Gasteiger partial charge in [0.15, 0.2) is 6.10 Å². The van der Waals surface area contributed by atoms with E-state index in [-0.39, 0.29) is 25.2 Å². The number of carbonyl (C=O) groups is 2. The first-order valence-corrected chi connectivity index (χ1v) is 25.4. The van der Waals surface area contributed by atoms with Crippen molar-refractivity contribution in [3.63, 3.8) is 0 Å². The molecule has 0 aromatic carbocycles. The summed E-state index contributed by atoms with van der Waals surface area (Å²) in [7, 11) is 0. The van der Waals surface area contributed by atoms with E-state index in [0.29, 0.717) is 19.4 Å². The minimum Gasteiger partial charge on any atom is -0.462 e. The monoisotopic (exact) mass is 859 g/mol. The molecule has 0 aromatic heterocycles. The Kier molecular flexibility index (Phi) is 49.0. The van der Waals surface area contributed by atoms with Crippen LogP contribution in [-0.2, 0) is 23.8 Å². The van der Waals surface area contributed by atoms with Gasteiger partial charge in [-0.25, -0.2) is 0 Å². The Morgan fingerprint density at radius 1 is 0.371 bits per heavy atom. The first kappa shape index (κ1) is 58.6. The van der Waals surface area contributed by atoms with E-state index in [2.05, 4.69) is 130 Å². The quantitative estimate of drug-likeness (QED) is 0.0347. The average Bonchev–Trinajstić information content (AvgIpc) is 3.27. The largest absolute Gasteiger partial charge is 0.462 e. The number of esters is 2. The molecule has 0 aliphatic rings. The van der Waals surface area contributed by atoms with E-state index in [0.717, 1.165) is 116 Å². The molecule has 0 radical (unpaired) electrons. The molecule has 0 aliphatic heterocycles. The number of hydrogen-bond donors (Lipinski definition) is 0. The van der Waals surface area contributed by atoms with Gasteiger partial charge in [-0.2, -0.15) is 0 Å². The van der Waals surface area contributed by atoms with Crippen molar-refractivity contribution in [3.05, 3.63) is 109 Å². The number of ether oxygens (including phenoxy) is 3. The third-order valence-electron chi connectivity index (χ3n) is 10.3. The molecular formula is C57H94O5. The Morgan fingerprint density at radius 2 is 0.726 bits per heavy atom. The number of rotatable bonds is 45. The van der Waals surface area contributed by atoms with Gasteiger partial charge in [0, 0.05) is 19.4 Å². The van der Waals surface area contributed by atoms with Crippen molar-refractivity contribution in [2.75, 3.05) is 19.8 Å². The smallest absolute Gasteiger partial charge is 0.306 e. The summed E-state index contributed by atoms with van der Waals surface area (Å²) in [6.45, 7) is 7.51. The Bertz CT molecular complexity index is 1250. The summed E-state index contributed by atoms with van der Waals surface area (Å²) in [5.74, 6) is -0.486. The molecule has 5 nitrogen and oxygen atoms in total. The highest BCUT2D eigenvalue weighted by molar-refractivity contribution is 5.70. The second kappa shape index (κ2) is 51.9. The van der Waals surface area contributed by atoms with Crippen molar-refractivity contribution in [2.24, 2.45) is 0 Å². The predicted octanol–water partition coefficient (Wildman–Crippen LogP) is 17.2. The minimum atomic E-state index is -0.576. The van der Waals surface area contributed by atoms with Crippen molar-refractivity contribution in [1.82, 2.24) is 0 Å². The lowest BCUT2D eigenvalue weighted by Gasteiger charge is -2.18. The van der Waals surface area contributed by atoms with E-state index >= 15 is 0 Å². The van der Waals surface area contributed by atoms with Crippen LogP contribution in [0.3, 0.4) is 0 Å². The van der Waals surface area contributed by atoms with Crippen LogP contribution in [0, 0.1) is 0 Å². The fourth-order valence-electron chi connectivity index (χ4n) is 6.58. The summed E-state index contributed by atoms with van der Waals surface area (Å²) in [6.07, 6.45) is 71.0. The summed E-state index contributed by atoms with van der Waals surface area (Å²) >= 11 is 0. The van der Waals surface area contributed by atoms with Crippen LogP contribution in [0.4, 0.5) is 0 Å². The van der Waals surface area contributed by atoms with Crippen molar-refractivity contribution < 1.29 is 23.8 Å². The summed E-state index contributed by atoms with van der Waals surface area (Å²) in [5.41, 5.74) is 0. The molecule has 1 unspecified atom stereocenters. The SMILES string of the molecule is CC/C=C\C/C=C\C/C=C\C/C=C\C/C=C\CCCCCC(=O)OCC(COCCCCCCCCCCCCCC)OC(=O)CCCC/C=C\C/C=C\C/C=C\C/C=C\CC. The van der Waals surface area contributed by atoms with Gasteiger partial charge in [0.25, 0.3) is 0 Å². The molecule has 0 fully saturated rings. The zero-order valence-corrected chi connectivity index (χ0v) is 40.3. The molecule has 5 heteroatoms. The Hall–Kier alpha value is -3.44. The lowest BCUT2D eigenvalue weighted by Crippen LogP contribution is -2.30. The molecule has 0 N–H and O–H groups in total. The Morgan fingerprint density at radius 3 is 1.18 bits per heavy atom. The molecule has 352 valence electrons. The molecule has 0 amide bonds. The van der Waals surface area contributed by atoms with Gasteiger partial charge in [-0.15, -0.1) is 0 Å². The van der Waals surface area contributed by atoms with Gasteiger partial charge < -0.3 is 14.2 Å². The van der Waals surface area contributed by atoms with Crippen LogP contribution >= 0.6 is 0 Å². The van der Waals surface area contributed by atoms with Crippen LogP contribution < -0.4 is 0 Å². The normalized spacial score (nSPS) is 13.1.